The van der Waals surface area contributed by atoms with Gasteiger partial charge in [-0.25, -0.2) is 0 Å². The van der Waals surface area contributed by atoms with E-state index in [-0.39, 0.29) is 0 Å². The molecule has 1 saturated heterocycles. The standard InChI is InChI=1S/C16H22O/c1-12-15(13-8-4-2-5-9-13)17-16(12)14-10-6-3-7-11-14/h2,4-5,8-9,12,14-16H,3,6-7,10-11H2,1H3/t12-,15-,16+/m0/s1. The monoisotopic (exact) mass is 230 g/mol. The first-order valence-corrected chi connectivity index (χ1v) is 7.06. The molecule has 0 spiro atoms. The fourth-order valence-corrected chi connectivity index (χ4v) is 3.53. The maximum absolute atomic E-state index is 6.18. The van der Waals surface area contributed by atoms with E-state index in [1.807, 2.05) is 0 Å². The van der Waals surface area contributed by atoms with E-state index in [1.165, 1.54) is 37.7 Å². The van der Waals surface area contributed by atoms with Crippen molar-refractivity contribution in [2.24, 2.45) is 11.8 Å². The molecule has 1 heteroatoms. The lowest BCUT2D eigenvalue weighted by molar-refractivity contribution is -0.208. The van der Waals surface area contributed by atoms with Crippen molar-refractivity contribution in [1.29, 1.82) is 0 Å². The van der Waals surface area contributed by atoms with Gasteiger partial charge in [0.1, 0.15) is 0 Å². The van der Waals surface area contributed by atoms with E-state index < -0.39 is 0 Å². The van der Waals surface area contributed by atoms with E-state index in [4.69, 9.17) is 4.74 Å². The molecule has 0 unspecified atom stereocenters. The van der Waals surface area contributed by atoms with Gasteiger partial charge < -0.3 is 4.74 Å². The van der Waals surface area contributed by atoms with Crippen molar-refractivity contribution in [2.45, 2.75) is 51.2 Å². The largest absolute Gasteiger partial charge is 0.369 e. The van der Waals surface area contributed by atoms with Gasteiger partial charge >= 0.3 is 0 Å². The summed E-state index contributed by atoms with van der Waals surface area (Å²) in [7, 11) is 0. The summed E-state index contributed by atoms with van der Waals surface area (Å²) in [6.45, 7) is 2.36. The zero-order valence-corrected chi connectivity index (χ0v) is 10.6. The fraction of sp³-hybridized carbons (Fsp3) is 0.625. The maximum atomic E-state index is 6.18. The first-order valence-electron chi connectivity index (χ1n) is 7.06. The van der Waals surface area contributed by atoms with Crippen molar-refractivity contribution in [3.63, 3.8) is 0 Å². The minimum Gasteiger partial charge on any atom is -0.369 e. The zero-order valence-electron chi connectivity index (χ0n) is 10.6. The Labute approximate surface area is 104 Å². The SMILES string of the molecule is C[C@H]1[C@@H](c2ccccc2)O[C@H]1C1CCCCC1. The Morgan fingerprint density at radius 1 is 1.00 bits per heavy atom. The average molecular weight is 230 g/mol. The lowest BCUT2D eigenvalue weighted by atomic mass is 9.74. The summed E-state index contributed by atoms with van der Waals surface area (Å²) >= 11 is 0. The molecule has 92 valence electrons. The molecule has 1 aliphatic heterocycles. The summed E-state index contributed by atoms with van der Waals surface area (Å²) in [6.07, 6.45) is 7.90. The van der Waals surface area contributed by atoms with Crippen molar-refractivity contribution in [1.82, 2.24) is 0 Å². The molecule has 0 bridgehead atoms. The van der Waals surface area contributed by atoms with Gasteiger partial charge in [-0.05, 0) is 24.3 Å². The van der Waals surface area contributed by atoms with Crippen LogP contribution in [0, 0.1) is 11.8 Å². The highest BCUT2D eigenvalue weighted by Gasteiger charge is 2.43. The number of benzene rings is 1. The predicted octanol–water partition coefficient (Wildman–Crippen LogP) is 4.34. The van der Waals surface area contributed by atoms with Crippen molar-refractivity contribution < 1.29 is 4.74 Å². The van der Waals surface area contributed by atoms with E-state index in [2.05, 4.69) is 37.3 Å². The van der Waals surface area contributed by atoms with Crippen LogP contribution in [0.1, 0.15) is 50.7 Å². The smallest absolute Gasteiger partial charge is 0.0879 e. The molecule has 0 aromatic heterocycles. The second-order valence-electron chi connectivity index (χ2n) is 5.69. The van der Waals surface area contributed by atoms with Crippen LogP contribution in [0.15, 0.2) is 30.3 Å². The van der Waals surface area contributed by atoms with Crippen molar-refractivity contribution in [3.8, 4) is 0 Å². The summed E-state index contributed by atoms with van der Waals surface area (Å²) in [5, 5.41) is 0. The molecule has 1 aliphatic carbocycles. The van der Waals surface area contributed by atoms with E-state index in [0.29, 0.717) is 18.1 Å². The number of rotatable bonds is 2. The topological polar surface area (TPSA) is 9.23 Å². The highest BCUT2D eigenvalue weighted by atomic mass is 16.5. The number of ether oxygens (including phenoxy) is 1. The van der Waals surface area contributed by atoms with Gasteiger partial charge in [0.05, 0.1) is 12.2 Å². The normalized spacial score (nSPS) is 34.3. The third-order valence-corrected chi connectivity index (χ3v) is 4.54. The Morgan fingerprint density at radius 2 is 1.71 bits per heavy atom. The van der Waals surface area contributed by atoms with Gasteiger partial charge in [-0.15, -0.1) is 0 Å². The molecule has 2 aliphatic rings. The molecule has 1 aromatic rings. The molecule has 1 nitrogen and oxygen atoms in total. The van der Waals surface area contributed by atoms with Gasteiger partial charge in [0.2, 0.25) is 0 Å². The van der Waals surface area contributed by atoms with E-state index in [9.17, 15) is 0 Å². The fourth-order valence-electron chi connectivity index (χ4n) is 3.53. The Hall–Kier alpha value is -0.820. The van der Waals surface area contributed by atoms with Crippen LogP contribution in [0.5, 0.6) is 0 Å². The highest BCUT2D eigenvalue weighted by molar-refractivity contribution is 5.20. The molecule has 3 rings (SSSR count). The van der Waals surface area contributed by atoms with Crippen LogP contribution in [-0.4, -0.2) is 6.10 Å². The first-order chi connectivity index (χ1) is 8.36. The van der Waals surface area contributed by atoms with Gasteiger partial charge in [-0.1, -0.05) is 56.5 Å². The van der Waals surface area contributed by atoms with Crippen LogP contribution in [-0.2, 0) is 4.74 Å². The van der Waals surface area contributed by atoms with Crippen LogP contribution in [0.2, 0.25) is 0 Å². The maximum Gasteiger partial charge on any atom is 0.0879 e. The molecule has 17 heavy (non-hydrogen) atoms. The minimum atomic E-state index is 0.350. The summed E-state index contributed by atoms with van der Waals surface area (Å²) in [4.78, 5) is 0. The first kappa shape index (κ1) is 11.3. The summed E-state index contributed by atoms with van der Waals surface area (Å²) in [6, 6.07) is 10.7. The highest BCUT2D eigenvalue weighted by Crippen LogP contribution is 2.47. The molecule has 0 N–H and O–H groups in total. The molecule has 1 heterocycles. The molecule has 1 saturated carbocycles. The second-order valence-corrected chi connectivity index (χ2v) is 5.69. The molecule has 1 aromatic carbocycles. The van der Waals surface area contributed by atoms with E-state index in [1.54, 1.807) is 0 Å². The Bertz CT molecular complexity index is 353. The molecule has 3 atom stereocenters. The summed E-state index contributed by atoms with van der Waals surface area (Å²) in [5.74, 6) is 1.53. The Kier molecular flexibility index (Phi) is 3.19. The molecule has 2 fully saturated rings. The van der Waals surface area contributed by atoms with Crippen LogP contribution in [0.3, 0.4) is 0 Å². The molecule has 0 amide bonds. The quantitative estimate of drug-likeness (QED) is 0.734. The number of hydrogen-bond donors (Lipinski definition) is 0. The van der Waals surface area contributed by atoms with Crippen molar-refractivity contribution in [3.05, 3.63) is 35.9 Å². The van der Waals surface area contributed by atoms with Crippen LogP contribution in [0.25, 0.3) is 0 Å². The number of hydrogen-bond acceptors (Lipinski definition) is 1. The lowest BCUT2D eigenvalue weighted by Gasteiger charge is -2.48. The Balaban J connectivity index is 1.63. The molecule has 0 radical (unpaired) electrons. The predicted molar refractivity (Wildman–Crippen MR) is 69.8 cm³/mol. The minimum absolute atomic E-state index is 0.350. The van der Waals surface area contributed by atoms with Gasteiger partial charge in [-0.3, -0.25) is 0 Å². The van der Waals surface area contributed by atoms with E-state index in [0.717, 1.165) is 5.92 Å². The van der Waals surface area contributed by atoms with Crippen molar-refractivity contribution >= 4 is 0 Å². The summed E-state index contributed by atoms with van der Waals surface area (Å²) < 4.78 is 6.18. The second kappa shape index (κ2) is 4.81. The van der Waals surface area contributed by atoms with Gasteiger partial charge in [0, 0.05) is 5.92 Å². The summed E-state index contributed by atoms with van der Waals surface area (Å²) in [5.41, 5.74) is 1.35. The van der Waals surface area contributed by atoms with Crippen LogP contribution >= 0.6 is 0 Å². The third kappa shape index (κ3) is 2.13. The third-order valence-electron chi connectivity index (χ3n) is 4.54. The van der Waals surface area contributed by atoms with Gasteiger partial charge in [0.25, 0.3) is 0 Å². The Morgan fingerprint density at radius 3 is 2.35 bits per heavy atom. The van der Waals surface area contributed by atoms with E-state index >= 15 is 0 Å². The van der Waals surface area contributed by atoms with Gasteiger partial charge in [0.15, 0.2) is 0 Å². The van der Waals surface area contributed by atoms with Crippen LogP contribution in [0.4, 0.5) is 0 Å². The molecular weight excluding hydrogens is 208 g/mol. The lowest BCUT2D eigenvalue weighted by Crippen LogP contribution is -2.46. The van der Waals surface area contributed by atoms with Crippen LogP contribution < -0.4 is 0 Å². The zero-order chi connectivity index (χ0) is 11.7. The van der Waals surface area contributed by atoms with Gasteiger partial charge in [-0.2, -0.15) is 0 Å². The molecular formula is C16H22O. The average Bonchev–Trinajstić information content (AvgIpc) is 2.40. The van der Waals surface area contributed by atoms with Crippen molar-refractivity contribution in [2.75, 3.05) is 0 Å².